The highest BCUT2D eigenvalue weighted by molar-refractivity contribution is 6.00. The third kappa shape index (κ3) is 3.91. The molecular formula is C20H21N3O3. The Morgan fingerprint density at radius 1 is 1.23 bits per heavy atom. The predicted molar refractivity (Wildman–Crippen MR) is 100 cm³/mol. The van der Waals surface area contributed by atoms with E-state index in [1.54, 1.807) is 12.0 Å². The number of rotatable bonds is 5. The van der Waals surface area contributed by atoms with Gasteiger partial charge in [-0.25, -0.2) is 5.43 Å². The SMILES string of the molecule is COc1ccccc1/C=N/NC(=O)C1CC(=O)N(c2ccc(C)cc2)C1. The maximum atomic E-state index is 12.3. The number of hydrogen-bond donors (Lipinski definition) is 1. The van der Waals surface area contributed by atoms with Crippen molar-refractivity contribution in [1.82, 2.24) is 5.43 Å². The molecule has 1 aliphatic heterocycles. The van der Waals surface area contributed by atoms with Crippen LogP contribution in [0.2, 0.25) is 0 Å². The molecule has 0 aromatic heterocycles. The lowest BCUT2D eigenvalue weighted by molar-refractivity contribution is -0.126. The maximum absolute atomic E-state index is 12.3. The Bertz CT molecular complexity index is 830. The van der Waals surface area contributed by atoms with Crippen LogP contribution in [-0.2, 0) is 9.59 Å². The number of aryl methyl sites for hydroxylation is 1. The van der Waals surface area contributed by atoms with E-state index in [2.05, 4.69) is 10.5 Å². The number of hydrazone groups is 1. The Balaban J connectivity index is 1.61. The minimum atomic E-state index is -0.418. The quantitative estimate of drug-likeness (QED) is 0.665. The van der Waals surface area contributed by atoms with E-state index in [-0.39, 0.29) is 18.2 Å². The van der Waals surface area contributed by atoms with E-state index in [0.717, 1.165) is 16.8 Å². The molecule has 1 unspecified atom stereocenters. The van der Waals surface area contributed by atoms with Gasteiger partial charge < -0.3 is 9.64 Å². The molecule has 1 N–H and O–H groups in total. The Morgan fingerprint density at radius 2 is 1.96 bits per heavy atom. The zero-order valence-corrected chi connectivity index (χ0v) is 14.8. The van der Waals surface area contributed by atoms with Gasteiger partial charge in [-0.05, 0) is 31.2 Å². The highest BCUT2D eigenvalue weighted by Gasteiger charge is 2.35. The van der Waals surface area contributed by atoms with Gasteiger partial charge in [0.1, 0.15) is 5.75 Å². The summed E-state index contributed by atoms with van der Waals surface area (Å²) in [6.07, 6.45) is 1.72. The first-order valence-corrected chi connectivity index (χ1v) is 8.41. The number of methoxy groups -OCH3 is 1. The number of nitrogens with zero attached hydrogens (tertiary/aromatic N) is 2. The molecule has 2 aromatic rings. The normalized spacial score (nSPS) is 16.9. The van der Waals surface area contributed by atoms with Crippen molar-refractivity contribution in [2.24, 2.45) is 11.0 Å². The number of hydrogen-bond acceptors (Lipinski definition) is 4. The Kier molecular flexibility index (Phi) is 5.31. The molecule has 0 bridgehead atoms. The molecule has 1 heterocycles. The molecule has 1 fully saturated rings. The first-order valence-electron chi connectivity index (χ1n) is 8.41. The van der Waals surface area contributed by atoms with Crippen molar-refractivity contribution in [3.8, 4) is 5.75 Å². The summed E-state index contributed by atoms with van der Waals surface area (Å²) >= 11 is 0. The maximum Gasteiger partial charge on any atom is 0.245 e. The van der Waals surface area contributed by atoms with Crippen molar-refractivity contribution in [3.63, 3.8) is 0 Å². The molecular weight excluding hydrogens is 330 g/mol. The summed E-state index contributed by atoms with van der Waals surface area (Å²) in [5.41, 5.74) is 5.22. The molecule has 6 nitrogen and oxygen atoms in total. The molecule has 1 aliphatic rings. The zero-order valence-electron chi connectivity index (χ0n) is 14.8. The van der Waals surface area contributed by atoms with Crippen LogP contribution in [0, 0.1) is 12.8 Å². The van der Waals surface area contributed by atoms with Crippen LogP contribution < -0.4 is 15.1 Å². The Hall–Kier alpha value is -3.15. The van der Waals surface area contributed by atoms with E-state index >= 15 is 0 Å². The third-order valence-electron chi connectivity index (χ3n) is 4.36. The fourth-order valence-electron chi connectivity index (χ4n) is 2.89. The lowest BCUT2D eigenvalue weighted by Crippen LogP contribution is -2.30. The topological polar surface area (TPSA) is 71.0 Å². The lowest BCUT2D eigenvalue weighted by atomic mass is 10.1. The van der Waals surface area contributed by atoms with Gasteiger partial charge >= 0.3 is 0 Å². The van der Waals surface area contributed by atoms with Gasteiger partial charge in [-0.1, -0.05) is 29.8 Å². The number of ether oxygens (including phenoxy) is 1. The van der Waals surface area contributed by atoms with E-state index in [0.29, 0.717) is 12.3 Å². The highest BCUT2D eigenvalue weighted by Crippen LogP contribution is 2.25. The number of nitrogens with one attached hydrogen (secondary N) is 1. The first kappa shape index (κ1) is 17.7. The van der Waals surface area contributed by atoms with Gasteiger partial charge in [-0.15, -0.1) is 0 Å². The molecule has 26 heavy (non-hydrogen) atoms. The molecule has 2 aromatic carbocycles. The second-order valence-corrected chi connectivity index (χ2v) is 6.22. The predicted octanol–water partition coefficient (Wildman–Crippen LogP) is 2.51. The Labute approximate surface area is 152 Å². The van der Waals surface area contributed by atoms with Crippen LogP contribution in [0.3, 0.4) is 0 Å². The molecule has 6 heteroatoms. The van der Waals surface area contributed by atoms with Crippen molar-refractivity contribution in [1.29, 1.82) is 0 Å². The van der Waals surface area contributed by atoms with Crippen molar-refractivity contribution < 1.29 is 14.3 Å². The summed E-state index contributed by atoms with van der Waals surface area (Å²) in [4.78, 5) is 26.2. The van der Waals surface area contributed by atoms with E-state index in [4.69, 9.17) is 4.74 Å². The van der Waals surface area contributed by atoms with Crippen molar-refractivity contribution >= 4 is 23.7 Å². The average Bonchev–Trinajstić information content (AvgIpc) is 3.04. The van der Waals surface area contributed by atoms with E-state index in [9.17, 15) is 9.59 Å². The van der Waals surface area contributed by atoms with Crippen LogP contribution in [0.1, 0.15) is 17.5 Å². The van der Waals surface area contributed by atoms with Crippen molar-refractivity contribution in [2.45, 2.75) is 13.3 Å². The fourth-order valence-corrected chi connectivity index (χ4v) is 2.89. The molecule has 2 amide bonds. The number of carbonyl (C=O) groups is 2. The molecule has 0 aliphatic carbocycles. The highest BCUT2D eigenvalue weighted by atomic mass is 16.5. The number of para-hydroxylation sites is 1. The largest absolute Gasteiger partial charge is 0.496 e. The number of amides is 2. The minimum absolute atomic E-state index is 0.0530. The summed E-state index contributed by atoms with van der Waals surface area (Å²) in [6, 6.07) is 15.1. The summed E-state index contributed by atoms with van der Waals surface area (Å²) in [5.74, 6) is -0.0625. The van der Waals surface area contributed by atoms with Gasteiger partial charge in [0.25, 0.3) is 0 Å². The molecule has 3 rings (SSSR count). The van der Waals surface area contributed by atoms with Crippen LogP contribution in [0.25, 0.3) is 0 Å². The molecule has 0 spiro atoms. The molecule has 0 saturated carbocycles. The summed E-state index contributed by atoms with van der Waals surface area (Å²) in [7, 11) is 1.58. The first-order chi connectivity index (χ1) is 12.6. The second kappa shape index (κ2) is 7.82. The third-order valence-corrected chi connectivity index (χ3v) is 4.36. The van der Waals surface area contributed by atoms with E-state index in [1.165, 1.54) is 6.21 Å². The van der Waals surface area contributed by atoms with Crippen molar-refractivity contribution in [2.75, 3.05) is 18.6 Å². The number of anilines is 1. The van der Waals surface area contributed by atoms with Crippen molar-refractivity contribution in [3.05, 3.63) is 59.7 Å². The van der Waals surface area contributed by atoms with E-state index < -0.39 is 5.92 Å². The standard InChI is InChI=1S/C20H21N3O3/c1-14-7-9-17(10-8-14)23-13-16(11-19(23)24)20(25)22-21-12-15-5-3-4-6-18(15)26-2/h3-10,12,16H,11,13H2,1-2H3,(H,22,25)/b21-12+. The van der Waals surface area contributed by atoms with Gasteiger partial charge in [-0.2, -0.15) is 5.10 Å². The molecule has 1 saturated heterocycles. The van der Waals surface area contributed by atoms with Crippen LogP contribution >= 0.6 is 0 Å². The number of carbonyl (C=O) groups excluding carboxylic acids is 2. The summed E-state index contributed by atoms with van der Waals surface area (Å²) in [6.45, 7) is 2.35. The van der Waals surface area contributed by atoms with Gasteiger partial charge in [0.15, 0.2) is 0 Å². The van der Waals surface area contributed by atoms with Gasteiger partial charge in [0.2, 0.25) is 11.8 Å². The molecule has 1 atom stereocenters. The second-order valence-electron chi connectivity index (χ2n) is 6.22. The van der Waals surface area contributed by atoms with Crippen LogP contribution in [0.5, 0.6) is 5.75 Å². The average molecular weight is 351 g/mol. The van der Waals surface area contributed by atoms with E-state index in [1.807, 2.05) is 55.5 Å². The fraction of sp³-hybridized carbons (Fsp3) is 0.250. The van der Waals surface area contributed by atoms with Gasteiger partial charge in [-0.3, -0.25) is 9.59 Å². The zero-order chi connectivity index (χ0) is 18.5. The monoisotopic (exact) mass is 351 g/mol. The molecule has 0 radical (unpaired) electrons. The van der Waals surface area contributed by atoms with Gasteiger partial charge in [0, 0.05) is 24.2 Å². The lowest BCUT2D eigenvalue weighted by Gasteiger charge is -2.16. The summed E-state index contributed by atoms with van der Waals surface area (Å²) in [5, 5.41) is 3.99. The van der Waals surface area contributed by atoms with Crippen LogP contribution in [0.15, 0.2) is 53.6 Å². The van der Waals surface area contributed by atoms with Gasteiger partial charge in [0.05, 0.1) is 19.2 Å². The van der Waals surface area contributed by atoms with Crippen LogP contribution in [-0.4, -0.2) is 31.7 Å². The number of benzene rings is 2. The smallest absolute Gasteiger partial charge is 0.245 e. The minimum Gasteiger partial charge on any atom is -0.496 e. The Morgan fingerprint density at radius 3 is 2.69 bits per heavy atom. The summed E-state index contributed by atoms with van der Waals surface area (Å²) < 4.78 is 5.23. The van der Waals surface area contributed by atoms with Crippen LogP contribution in [0.4, 0.5) is 5.69 Å². The molecule has 134 valence electrons.